The molecule has 1 fully saturated rings. The van der Waals surface area contributed by atoms with E-state index in [1.165, 1.54) is 5.69 Å². The van der Waals surface area contributed by atoms with Crippen molar-refractivity contribution in [1.29, 1.82) is 0 Å². The first-order valence-corrected chi connectivity index (χ1v) is 12.0. The Balaban J connectivity index is 1.47. The van der Waals surface area contributed by atoms with Crippen molar-refractivity contribution < 1.29 is 4.21 Å². The van der Waals surface area contributed by atoms with Gasteiger partial charge in [-0.05, 0) is 47.9 Å². The molecule has 158 valence electrons. The average molecular weight is 432 g/mol. The van der Waals surface area contributed by atoms with Crippen molar-refractivity contribution in [3.63, 3.8) is 0 Å². The zero-order valence-electron chi connectivity index (χ0n) is 17.7. The molecule has 2 aromatic heterocycles. The molecule has 5 rings (SSSR count). The summed E-state index contributed by atoms with van der Waals surface area (Å²) < 4.78 is 13.8. The highest BCUT2D eigenvalue weighted by atomic mass is 32.2. The average Bonchev–Trinajstić information content (AvgIpc) is 3.23. The molecule has 0 saturated carbocycles. The molecule has 1 N–H and O–H groups in total. The smallest absolute Gasteiger partial charge is 0.162 e. The summed E-state index contributed by atoms with van der Waals surface area (Å²) in [6.07, 6.45) is 7.45. The van der Waals surface area contributed by atoms with E-state index >= 15 is 0 Å². The molecule has 0 bridgehead atoms. The number of hydrogen-bond donors (Lipinski definition) is 1. The molecule has 2 aromatic carbocycles. The van der Waals surface area contributed by atoms with Crippen LogP contribution < -0.4 is 10.2 Å². The minimum absolute atomic E-state index is 0.795. The second kappa shape index (κ2) is 8.24. The fourth-order valence-corrected chi connectivity index (χ4v) is 4.62. The van der Waals surface area contributed by atoms with Gasteiger partial charge in [0.05, 0.1) is 6.20 Å². The highest BCUT2D eigenvalue weighted by molar-refractivity contribution is 7.84. The van der Waals surface area contributed by atoms with Crippen molar-refractivity contribution in [3.8, 4) is 22.3 Å². The Bertz CT molecular complexity index is 1260. The summed E-state index contributed by atoms with van der Waals surface area (Å²) in [5.41, 5.74) is 7.26. The molecule has 0 amide bonds. The zero-order valence-corrected chi connectivity index (χ0v) is 18.5. The summed E-state index contributed by atoms with van der Waals surface area (Å²) in [7, 11) is -1.03. The molecule has 3 heterocycles. The van der Waals surface area contributed by atoms with Crippen molar-refractivity contribution >= 4 is 22.1 Å². The van der Waals surface area contributed by atoms with E-state index in [0.29, 0.717) is 0 Å². The monoisotopic (exact) mass is 431 g/mol. The van der Waals surface area contributed by atoms with Crippen LogP contribution in [0.2, 0.25) is 0 Å². The van der Waals surface area contributed by atoms with E-state index in [0.717, 1.165) is 64.5 Å². The molecule has 1 aliphatic rings. The standard InChI is InChI=1S/C24H25N5OS/c1-17-3-8-21(31(2)30)13-22(17)23-15-27-29-16-19(14-26-24(23)29)18-4-6-20(7-5-18)28-11-9-25-10-12-28/h3-8,13-16,25H,9-12H2,1-2H3. The van der Waals surface area contributed by atoms with Gasteiger partial charge in [0, 0.05) is 77.3 Å². The SMILES string of the molecule is Cc1ccc(S(C)=O)cc1-c1cnn2cc(-c3ccc(N4CCNCC4)cc3)cnc12. The van der Waals surface area contributed by atoms with Gasteiger partial charge in [0.25, 0.3) is 0 Å². The molecule has 1 unspecified atom stereocenters. The molecule has 1 aliphatic heterocycles. The van der Waals surface area contributed by atoms with E-state index in [-0.39, 0.29) is 0 Å². The molecule has 1 atom stereocenters. The molecule has 0 aliphatic carbocycles. The third kappa shape index (κ3) is 3.86. The van der Waals surface area contributed by atoms with Crippen molar-refractivity contribution in [3.05, 3.63) is 66.6 Å². The van der Waals surface area contributed by atoms with Gasteiger partial charge in [-0.2, -0.15) is 5.10 Å². The molecule has 7 heteroatoms. The maximum atomic E-state index is 11.9. The topological polar surface area (TPSA) is 62.5 Å². The van der Waals surface area contributed by atoms with Gasteiger partial charge in [0.15, 0.2) is 5.65 Å². The first-order chi connectivity index (χ1) is 15.1. The highest BCUT2D eigenvalue weighted by Crippen LogP contribution is 2.30. The van der Waals surface area contributed by atoms with Crippen LogP contribution in [0.5, 0.6) is 0 Å². The quantitative estimate of drug-likeness (QED) is 0.536. The number of nitrogens with one attached hydrogen (secondary N) is 1. The normalized spacial score (nSPS) is 15.4. The number of fused-ring (bicyclic) bond motifs is 1. The van der Waals surface area contributed by atoms with E-state index in [2.05, 4.69) is 46.5 Å². The third-order valence-corrected chi connectivity index (χ3v) is 6.79. The number of piperazine rings is 1. The zero-order chi connectivity index (χ0) is 21.4. The first-order valence-electron chi connectivity index (χ1n) is 10.4. The lowest BCUT2D eigenvalue weighted by Crippen LogP contribution is -2.43. The predicted molar refractivity (Wildman–Crippen MR) is 126 cm³/mol. The summed E-state index contributed by atoms with van der Waals surface area (Å²) in [6, 6.07) is 14.6. The van der Waals surface area contributed by atoms with Crippen molar-refractivity contribution in [2.24, 2.45) is 0 Å². The highest BCUT2D eigenvalue weighted by Gasteiger charge is 2.14. The van der Waals surface area contributed by atoms with Gasteiger partial charge in [-0.1, -0.05) is 18.2 Å². The van der Waals surface area contributed by atoms with E-state index in [1.54, 1.807) is 6.26 Å². The van der Waals surface area contributed by atoms with Crippen molar-refractivity contribution in [2.45, 2.75) is 11.8 Å². The van der Waals surface area contributed by atoms with Gasteiger partial charge in [-0.15, -0.1) is 0 Å². The van der Waals surface area contributed by atoms with E-state index in [4.69, 9.17) is 4.98 Å². The Hall–Kier alpha value is -3.03. The van der Waals surface area contributed by atoms with Crippen molar-refractivity contribution in [2.75, 3.05) is 37.3 Å². The Morgan fingerprint density at radius 3 is 2.48 bits per heavy atom. The maximum absolute atomic E-state index is 11.9. The molecule has 0 spiro atoms. The summed E-state index contributed by atoms with van der Waals surface area (Å²) in [4.78, 5) is 7.94. The van der Waals surface area contributed by atoms with Crippen LogP contribution in [0.1, 0.15) is 5.56 Å². The minimum atomic E-state index is -1.03. The summed E-state index contributed by atoms with van der Waals surface area (Å²) in [5, 5.41) is 7.94. The Morgan fingerprint density at radius 1 is 0.968 bits per heavy atom. The van der Waals surface area contributed by atoms with E-state index < -0.39 is 10.8 Å². The molecule has 31 heavy (non-hydrogen) atoms. The fourth-order valence-electron chi connectivity index (χ4n) is 4.07. The van der Waals surface area contributed by atoms with Gasteiger partial charge in [-0.25, -0.2) is 9.50 Å². The van der Waals surface area contributed by atoms with Gasteiger partial charge >= 0.3 is 0 Å². The van der Waals surface area contributed by atoms with Crippen molar-refractivity contribution in [1.82, 2.24) is 19.9 Å². The second-order valence-corrected chi connectivity index (χ2v) is 9.26. The predicted octanol–water partition coefficient (Wildman–Crippen LogP) is 3.52. The Kier molecular flexibility index (Phi) is 5.29. The van der Waals surface area contributed by atoms with Crippen LogP contribution in [0.3, 0.4) is 0 Å². The molecule has 0 radical (unpaired) electrons. The van der Waals surface area contributed by atoms with Crippen LogP contribution >= 0.6 is 0 Å². The molecule has 6 nitrogen and oxygen atoms in total. The minimum Gasteiger partial charge on any atom is -0.369 e. The van der Waals surface area contributed by atoms with Gasteiger partial charge < -0.3 is 10.2 Å². The van der Waals surface area contributed by atoms with Crippen LogP contribution in [0.25, 0.3) is 27.9 Å². The number of aromatic nitrogens is 3. The van der Waals surface area contributed by atoms with Crippen LogP contribution in [0.15, 0.2) is 66.0 Å². The number of nitrogens with zero attached hydrogens (tertiary/aromatic N) is 4. The number of anilines is 1. The maximum Gasteiger partial charge on any atom is 0.162 e. The lowest BCUT2D eigenvalue weighted by molar-refractivity contribution is 0.589. The third-order valence-electron chi connectivity index (χ3n) is 5.87. The molecule has 4 aromatic rings. The number of rotatable bonds is 4. The lowest BCUT2D eigenvalue weighted by Gasteiger charge is -2.29. The second-order valence-electron chi connectivity index (χ2n) is 7.88. The van der Waals surface area contributed by atoms with Crippen LogP contribution in [-0.2, 0) is 10.8 Å². The summed E-state index contributed by atoms with van der Waals surface area (Å²) in [6.45, 7) is 6.18. The largest absolute Gasteiger partial charge is 0.369 e. The molecular formula is C24H25N5OS. The molecule has 1 saturated heterocycles. The number of aryl methyl sites for hydroxylation is 1. The van der Waals surface area contributed by atoms with Gasteiger partial charge in [0.2, 0.25) is 0 Å². The number of hydrogen-bond acceptors (Lipinski definition) is 5. The lowest BCUT2D eigenvalue weighted by atomic mass is 10.0. The summed E-state index contributed by atoms with van der Waals surface area (Å²) >= 11 is 0. The Morgan fingerprint density at radius 2 is 1.74 bits per heavy atom. The van der Waals surface area contributed by atoms with Crippen LogP contribution in [0, 0.1) is 6.92 Å². The van der Waals surface area contributed by atoms with E-state index in [9.17, 15) is 4.21 Å². The summed E-state index contributed by atoms with van der Waals surface area (Å²) in [5.74, 6) is 0. The van der Waals surface area contributed by atoms with E-state index in [1.807, 2.05) is 41.3 Å². The first kappa shape index (κ1) is 19.9. The fraction of sp³-hybridized carbons (Fsp3) is 0.250. The number of benzene rings is 2. The van der Waals surface area contributed by atoms with Gasteiger partial charge in [-0.3, -0.25) is 4.21 Å². The van der Waals surface area contributed by atoms with Crippen LogP contribution in [-0.4, -0.2) is 51.2 Å². The van der Waals surface area contributed by atoms with Crippen LogP contribution in [0.4, 0.5) is 5.69 Å². The molecular weight excluding hydrogens is 406 g/mol. The van der Waals surface area contributed by atoms with Gasteiger partial charge in [0.1, 0.15) is 0 Å². The Labute approximate surface area is 184 Å².